The summed E-state index contributed by atoms with van der Waals surface area (Å²) in [5, 5.41) is 21.4. The fraction of sp³-hybridized carbons (Fsp3) is 0.381. The van der Waals surface area contributed by atoms with Crippen LogP contribution in [0.4, 0.5) is 0 Å². The molecule has 2 fully saturated rings. The lowest BCUT2D eigenvalue weighted by Crippen LogP contribution is -2.51. The number of hydrogen-bond donors (Lipinski definition) is 3. The molecular weight excluding hydrogens is 642 g/mol. The van der Waals surface area contributed by atoms with Gasteiger partial charge in [0.25, 0.3) is 0 Å². The van der Waals surface area contributed by atoms with E-state index < -0.39 is 12.3 Å². The summed E-state index contributed by atoms with van der Waals surface area (Å²) >= 11 is 0. The minimum absolute atomic E-state index is 0.000869. The Morgan fingerprint density at radius 1 is 0.745 bits per heavy atom. The van der Waals surface area contributed by atoms with Crippen LogP contribution in [-0.4, -0.2) is 70.7 Å². The molecule has 4 aromatic rings. The Morgan fingerprint density at radius 3 is 2.16 bits per heavy atom. The second-order valence-corrected chi connectivity index (χ2v) is 13.7. The van der Waals surface area contributed by atoms with Crippen molar-refractivity contribution in [3.05, 3.63) is 131 Å². The molecule has 0 aromatic heterocycles. The number of carboxylic acid groups (broad SMARTS) is 1. The molecule has 51 heavy (non-hydrogen) atoms. The highest BCUT2D eigenvalue weighted by Crippen LogP contribution is 2.42. The molecule has 0 spiro atoms. The first kappa shape index (κ1) is 36.4. The predicted molar refractivity (Wildman–Crippen MR) is 196 cm³/mol. The number of piperazine rings is 1. The lowest BCUT2D eigenvalue weighted by molar-refractivity contribution is -0.276. The molecule has 0 radical (unpaired) electrons. The normalized spacial score (nSPS) is 21.3. The molecular formula is C42H49N3O6. The number of hydrogen-bond acceptors (Lipinski definition) is 7. The number of carboxylic acids is 1. The van der Waals surface area contributed by atoms with Gasteiger partial charge in [-0.15, -0.1) is 0 Å². The van der Waals surface area contributed by atoms with Gasteiger partial charge in [0, 0.05) is 70.1 Å². The summed E-state index contributed by atoms with van der Waals surface area (Å²) in [5.74, 6) is -0.955. The fourth-order valence-corrected chi connectivity index (χ4v) is 6.97. The maximum Gasteiger partial charge on any atom is 0.303 e. The number of amides is 1. The van der Waals surface area contributed by atoms with Crippen LogP contribution < -0.4 is 5.32 Å². The van der Waals surface area contributed by atoms with Crippen molar-refractivity contribution in [2.24, 2.45) is 5.92 Å². The van der Waals surface area contributed by atoms with Gasteiger partial charge in [0.05, 0.1) is 18.8 Å². The van der Waals surface area contributed by atoms with Gasteiger partial charge in [0.2, 0.25) is 5.91 Å². The first-order valence-corrected chi connectivity index (χ1v) is 18.0. The minimum Gasteiger partial charge on any atom is -0.481 e. The van der Waals surface area contributed by atoms with Gasteiger partial charge in [0.1, 0.15) is 0 Å². The van der Waals surface area contributed by atoms with Crippen LogP contribution in [0.2, 0.25) is 0 Å². The first-order valence-electron chi connectivity index (χ1n) is 18.0. The van der Waals surface area contributed by atoms with E-state index in [0.29, 0.717) is 13.0 Å². The molecule has 268 valence electrons. The monoisotopic (exact) mass is 691 g/mol. The minimum atomic E-state index is -0.896. The second-order valence-electron chi connectivity index (χ2n) is 13.7. The number of aliphatic hydroxyl groups excluding tert-OH is 1. The van der Waals surface area contributed by atoms with E-state index in [4.69, 9.17) is 14.6 Å². The molecule has 6 rings (SSSR count). The maximum absolute atomic E-state index is 12.2. The third-order valence-electron chi connectivity index (χ3n) is 9.98. The lowest BCUT2D eigenvalue weighted by atomic mass is 9.89. The largest absolute Gasteiger partial charge is 0.481 e. The summed E-state index contributed by atoms with van der Waals surface area (Å²) < 4.78 is 13.6. The first-order chi connectivity index (χ1) is 24.8. The van der Waals surface area contributed by atoms with Crippen molar-refractivity contribution in [3.8, 4) is 11.1 Å². The van der Waals surface area contributed by atoms with Crippen molar-refractivity contribution in [2.45, 2.75) is 64.4 Å². The summed E-state index contributed by atoms with van der Waals surface area (Å²) in [6.07, 6.45) is -0.326. The molecule has 1 amide bonds. The van der Waals surface area contributed by atoms with Crippen molar-refractivity contribution in [3.63, 3.8) is 0 Å². The maximum atomic E-state index is 12.2. The molecule has 0 aliphatic carbocycles. The van der Waals surface area contributed by atoms with Gasteiger partial charge in [-0.05, 0) is 51.9 Å². The van der Waals surface area contributed by atoms with E-state index in [1.54, 1.807) is 0 Å². The molecule has 2 aliphatic rings. The van der Waals surface area contributed by atoms with Gasteiger partial charge in [0.15, 0.2) is 6.29 Å². The van der Waals surface area contributed by atoms with Crippen LogP contribution in [0.3, 0.4) is 0 Å². The summed E-state index contributed by atoms with van der Waals surface area (Å²) in [6.45, 7) is 8.35. The van der Waals surface area contributed by atoms with Gasteiger partial charge in [-0.3, -0.25) is 19.4 Å². The van der Waals surface area contributed by atoms with E-state index in [1.165, 1.54) is 5.56 Å². The van der Waals surface area contributed by atoms with Gasteiger partial charge in [-0.25, -0.2) is 0 Å². The molecule has 4 atom stereocenters. The van der Waals surface area contributed by atoms with Crippen LogP contribution in [0.5, 0.6) is 0 Å². The Morgan fingerprint density at radius 2 is 1.43 bits per heavy atom. The van der Waals surface area contributed by atoms with E-state index in [1.807, 2.05) is 36.4 Å². The van der Waals surface area contributed by atoms with Crippen LogP contribution in [0.15, 0.2) is 103 Å². The average Bonchev–Trinajstić information content (AvgIpc) is 3.16. The predicted octanol–water partition coefficient (Wildman–Crippen LogP) is 6.33. The molecule has 4 aromatic carbocycles. The van der Waals surface area contributed by atoms with Gasteiger partial charge < -0.3 is 25.0 Å². The number of rotatable bonds is 14. The van der Waals surface area contributed by atoms with Crippen molar-refractivity contribution in [1.82, 2.24) is 15.1 Å². The SMILES string of the molecule is C[C@H]1[C@@H](CN2CCN(Cc3ccccc3)CC2)O[C@@H](c2cccc(-c3cccc(CNC(=O)CCCC(=O)O)c3)c2)O[C@H]1c1ccc(CO)cc1. The zero-order valence-corrected chi connectivity index (χ0v) is 29.3. The number of nitrogens with one attached hydrogen (secondary N) is 1. The molecule has 2 saturated heterocycles. The Hall–Kier alpha value is -4.38. The molecule has 0 saturated carbocycles. The number of aliphatic hydroxyl groups is 1. The Bertz CT molecular complexity index is 1720. The van der Waals surface area contributed by atoms with E-state index in [0.717, 1.165) is 72.6 Å². The van der Waals surface area contributed by atoms with Crippen molar-refractivity contribution in [1.29, 1.82) is 0 Å². The standard InChI is InChI=1S/C42H49N3O6/c1-30-38(28-45-22-20-44(21-23-45)27-31-8-3-2-4-9-31)50-42(51-41(30)34-18-16-32(29-46)17-19-34)37-13-6-12-36(25-37)35-11-5-10-33(24-35)26-43-39(47)14-7-15-40(48)49/h2-6,8-13,16-19,24-25,30,38,41-42,46H,7,14-15,20-23,26-29H2,1H3,(H,43,47)(H,48,49)/t30-,38+,41+,42+/m0/s1. The van der Waals surface area contributed by atoms with Gasteiger partial charge in [-0.2, -0.15) is 0 Å². The molecule has 9 nitrogen and oxygen atoms in total. The molecule has 3 N–H and O–H groups in total. The molecule has 2 aliphatic heterocycles. The topological polar surface area (TPSA) is 112 Å². The molecule has 0 unspecified atom stereocenters. The number of carbonyl (C=O) groups is 2. The third-order valence-corrected chi connectivity index (χ3v) is 9.98. The molecule has 2 heterocycles. The Balaban J connectivity index is 1.15. The van der Waals surface area contributed by atoms with Crippen molar-refractivity contribution >= 4 is 11.9 Å². The summed E-state index contributed by atoms with van der Waals surface area (Å²) in [5.41, 5.74) is 7.20. The quantitative estimate of drug-likeness (QED) is 0.141. The number of benzene rings is 4. The van der Waals surface area contributed by atoms with Crippen LogP contribution >= 0.6 is 0 Å². The Labute approximate surface area is 300 Å². The van der Waals surface area contributed by atoms with E-state index in [9.17, 15) is 14.7 Å². The average molecular weight is 692 g/mol. The Kier molecular flexibility index (Phi) is 12.6. The summed E-state index contributed by atoms with van der Waals surface area (Å²) in [7, 11) is 0. The summed E-state index contributed by atoms with van der Waals surface area (Å²) in [6, 6.07) is 35.0. The van der Waals surface area contributed by atoms with E-state index in [2.05, 4.69) is 88.8 Å². The number of aliphatic carboxylic acids is 1. The van der Waals surface area contributed by atoms with Gasteiger partial charge >= 0.3 is 5.97 Å². The van der Waals surface area contributed by atoms with Crippen molar-refractivity contribution in [2.75, 3.05) is 32.7 Å². The number of ether oxygens (including phenoxy) is 2. The van der Waals surface area contributed by atoms with Crippen molar-refractivity contribution < 1.29 is 29.3 Å². The highest BCUT2D eigenvalue weighted by atomic mass is 16.7. The zero-order valence-electron chi connectivity index (χ0n) is 29.3. The lowest BCUT2D eigenvalue weighted by Gasteiger charge is -2.44. The van der Waals surface area contributed by atoms with Crippen LogP contribution in [0.1, 0.15) is 66.4 Å². The fourth-order valence-electron chi connectivity index (χ4n) is 6.97. The zero-order chi connectivity index (χ0) is 35.6. The van der Waals surface area contributed by atoms with Crippen LogP contribution in [0.25, 0.3) is 11.1 Å². The highest BCUT2D eigenvalue weighted by molar-refractivity contribution is 5.76. The van der Waals surface area contributed by atoms with Gasteiger partial charge in [-0.1, -0.05) is 97.9 Å². The number of nitrogens with zero attached hydrogens (tertiary/aromatic N) is 2. The smallest absolute Gasteiger partial charge is 0.303 e. The van der Waals surface area contributed by atoms with E-state index in [-0.39, 0.29) is 43.5 Å². The number of carbonyl (C=O) groups excluding carboxylic acids is 1. The third kappa shape index (κ3) is 10.1. The summed E-state index contributed by atoms with van der Waals surface area (Å²) in [4.78, 5) is 28.1. The van der Waals surface area contributed by atoms with E-state index >= 15 is 0 Å². The highest BCUT2D eigenvalue weighted by Gasteiger charge is 2.39. The molecule has 9 heteroatoms. The van der Waals surface area contributed by atoms with Crippen LogP contribution in [-0.2, 0) is 38.8 Å². The molecule has 0 bridgehead atoms. The van der Waals surface area contributed by atoms with Crippen LogP contribution in [0, 0.1) is 5.92 Å². The second kappa shape index (κ2) is 17.7.